The maximum absolute atomic E-state index is 13.0. The first-order chi connectivity index (χ1) is 14.7. The van der Waals surface area contributed by atoms with Crippen molar-refractivity contribution in [1.82, 2.24) is 14.5 Å². The molecule has 0 saturated carbocycles. The highest BCUT2D eigenvalue weighted by Gasteiger charge is 2.27. The third-order valence-electron chi connectivity index (χ3n) is 5.52. The van der Waals surface area contributed by atoms with Gasteiger partial charge in [0.05, 0.1) is 24.7 Å². The van der Waals surface area contributed by atoms with E-state index in [1.807, 2.05) is 89.6 Å². The number of imidazole rings is 1. The molecule has 0 unspecified atom stereocenters. The summed E-state index contributed by atoms with van der Waals surface area (Å²) in [5.41, 5.74) is 5.35. The lowest BCUT2D eigenvalue weighted by molar-refractivity contribution is 0.0550. The van der Waals surface area contributed by atoms with Crippen LogP contribution in [0.25, 0.3) is 16.9 Å². The number of aromatic nitrogens is 2. The molecular formula is C25H21N3O2. The lowest BCUT2D eigenvalue weighted by Gasteiger charge is -2.32. The number of fused-ring (bicyclic) bond motifs is 1. The van der Waals surface area contributed by atoms with E-state index in [-0.39, 0.29) is 5.91 Å². The molecule has 148 valence electrons. The molecule has 1 aliphatic rings. The summed E-state index contributed by atoms with van der Waals surface area (Å²) in [5.74, 6) is -0.0788. The van der Waals surface area contributed by atoms with Crippen LogP contribution in [0, 0.1) is 0 Å². The molecule has 1 N–H and O–H groups in total. The van der Waals surface area contributed by atoms with E-state index in [4.69, 9.17) is 0 Å². The molecule has 0 saturated heterocycles. The van der Waals surface area contributed by atoms with Gasteiger partial charge in [0.2, 0.25) is 0 Å². The Balaban J connectivity index is 1.34. The van der Waals surface area contributed by atoms with Crippen LogP contribution in [-0.2, 0) is 6.54 Å². The number of nitrogens with zero attached hydrogens (tertiary/aromatic N) is 3. The molecule has 1 amide bonds. The molecule has 0 spiro atoms. The number of aliphatic hydroxyl groups is 1. The van der Waals surface area contributed by atoms with Crippen LogP contribution in [-0.4, -0.2) is 32.0 Å². The average molecular weight is 395 g/mol. The molecule has 5 nitrogen and oxygen atoms in total. The van der Waals surface area contributed by atoms with E-state index in [1.165, 1.54) is 0 Å². The Kier molecular flexibility index (Phi) is 4.65. The second-order valence-corrected chi connectivity index (χ2v) is 7.48. The first-order valence-corrected chi connectivity index (χ1v) is 9.94. The van der Waals surface area contributed by atoms with Crippen LogP contribution in [0.4, 0.5) is 0 Å². The Hall–Kier alpha value is -3.70. The summed E-state index contributed by atoms with van der Waals surface area (Å²) in [7, 11) is 0. The Labute approximate surface area is 174 Å². The first-order valence-electron chi connectivity index (χ1n) is 9.94. The zero-order chi connectivity index (χ0) is 20.5. The van der Waals surface area contributed by atoms with Crippen LogP contribution in [0.2, 0.25) is 0 Å². The van der Waals surface area contributed by atoms with Crippen LogP contribution in [0.1, 0.15) is 27.6 Å². The minimum atomic E-state index is -0.653. The third-order valence-corrected chi connectivity index (χ3v) is 5.52. The van der Waals surface area contributed by atoms with Crippen molar-refractivity contribution < 1.29 is 9.90 Å². The summed E-state index contributed by atoms with van der Waals surface area (Å²) in [6, 6.07) is 25.2. The number of hydrogen-bond acceptors (Lipinski definition) is 3. The average Bonchev–Trinajstić information content (AvgIpc) is 3.30. The summed E-state index contributed by atoms with van der Waals surface area (Å²) in [5, 5.41) is 10.4. The predicted molar refractivity (Wildman–Crippen MR) is 115 cm³/mol. The maximum Gasteiger partial charge on any atom is 0.254 e. The Morgan fingerprint density at radius 1 is 0.933 bits per heavy atom. The lowest BCUT2D eigenvalue weighted by atomic mass is 9.97. The number of benzene rings is 3. The van der Waals surface area contributed by atoms with E-state index in [1.54, 1.807) is 11.2 Å². The van der Waals surface area contributed by atoms with Crippen LogP contribution in [0.15, 0.2) is 91.4 Å². The van der Waals surface area contributed by atoms with Gasteiger partial charge >= 0.3 is 0 Å². The molecule has 2 heterocycles. The zero-order valence-corrected chi connectivity index (χ0v) is 16.3. The van der Waals surface area contributed by atoms with E-state index in [2.05, 4.69) is 4.98 Å². The molecule has 0 fully saturated rings. The third kappa shape index (κ3) is 3.40. The van der Waals surface area contributed by atoms with E-state index in [9.17, 15) is 9.90 Å². The molecule has 0 aliphatic carbocycles. The van der Waals surface area contributed by atoms with Gasteiger partial charge in [-0.05, 0) is 35.4 Å². The fourth-order valence-electron chi connectivity index (χ4n) is 3.91. The second kappa shape index (κ2) is 7.61. The molecule has 1 aromatic heterocycles. The van der Waals surface area contributed by atoms with Crippen molar-refractivity contribution in [3.63, 3.8) is 0 Å². The number of aliphatic hydroxyl groups excluding tert-OH is 1. The molecule has 3 aromatic carbocycles. The highest BCUT2D eigenvalue weighted by molar-refractivity contribution is 5.94. The van der Waals surface area contributed by atoms with Gasteiger partial charge in [-0.25, -0.2) is 4.98 Å². The molecule has 1 atom stereocenters. The van der Waals surface area contributed by atoms with Crippen LogP contribution in [0.5, 0.6) is 0 Å². The van der Waals surface area contributed by atoms with Crippen molar-refractivity contribution in [3.8, 4) is 16.9 Å². The van der Waals surface area contributed by atoms with E-state index >= 15 is 0 Å². The second-order valence-electron chi connectivity index (χ2n) is 7.48. The highest BCUT2D eigenvalue weighted by atomic mass is 16.3. The molecule has 5 rings (SSSR count). The normalized spacial score (nSPS) is 15.6. The zero-order valence-electron chi connectivity index (χ0n) is 16.3. The molecular weight excluding hydrogens is 374 g/mol. The minimum Gasteiger partial charge on any atom is -0.387 e. The molecule has 5 heteroatoms. The van der Waals surface area contributed by atoms with Crippen LogP contribution >= 0.6 is 0 Å². The van der Waals surface area contributed by atoms with Crippen molar-refractivity contribution >= 4 is 5.91 Å². The van der Waals surface area contributed by atoms with E-state index in [0.29, 0.717) is 18.7 Å². The number of carbonyl (C=O) groups is 1. The SMILES string of the molecule is O=C(c1ccc(-c2cn(-c3ccccc3)cn2)cc1)N1Cc2ccccc2[C@@H](O)C1. The van der Waals surface area contributed by atoms with Gasteiger partial charge in [0, 0.05) is 29.6 Å². The number of rotatable bonds is 3. The number of β-amino-alcohol motifs (C(OH)–C–C–N with tert-alkyl or cyclic N) is 1. The van der Waals surface area contributed by atoms with Crippen molar-refractivity contribution in [2.75, 3.05) is 6.54 Å². The highest BCUT2D eigenvalue weighted by Crippen LogP contribution is 2.28. The molecule has 30 heavy (non-hydrogen) atoms. The predicted octanol–water partition coefficient (Wildman–Crippen LogP) is 4.23. The topological polar surface area (TPSA) is 58.4 Å². The molecule has 1 aliphatic heterocycles. The van der Waals surface area contributed by atoms with Gasteiger partial charge in [0.25, 0.3) is 5.91 Å². The minimum absolute atomic E-state index is 0.0788. The van der Waals surface area contributed by atoms with Crippen molar-refractivity contribution in [2.45, 2.75) is 12.6 Å². The standard InChI is InChI=1S/C25H21N3O2/c29-24-16-27(14-20-6-4-5-9-22(20)24)25(30)19-12-10-18(11-13-19)23-15-28(17-26-23)21-7-2-1-3-8-21/h1-13,15,17,24,29H,14,16H2/t24-/m0/s1. The fourth-order valence-corrected chi connectivity index (χ4v) is 3.91. The number of carbonyl (C=O) groups excluding carboxylic acids is 1. The molecule has 0 radical (unpaired) electrons. The fraction of sp³-hybridized carbons (Fsp3) is 0.120. The Morgan fingerprint density at radius 3 is 2.47 bits per heavy atom. The lowest BCUT2D eigenvalue weighted by Crippen LogP contribution is -2.38. The van der Waals surface area contributed by atoms with Gasteiger partial charge < -0.3 is 14.6 Å². The Bertz CT molecular complexity index is 1180. The largest absolute Gasteiger partial charge is 0.387 e. The molecule has 0 bridgehead atoms. The van der Waals surface area contributed by atoms with Crippen molar-refractivity contribution in [3.05, 3.63) is 108 Å². The van der Waals surface area contributed by atoms with Crippen LogP contribution < -0.4 is 0 Å². The summed E-state index contributed by atoms with van der Waals surface area (Å²) in [6.07, 6.45) is 3.11. The van der Waals surface area contributed by atoms with E-state index in [0.717, 1.165) is 28.1 Å². The quantitative estimate of drug-likeness (QED) is 0.565. The smallest absolute Gasteiger partial charge is 0.254 e. The first kappa shape index (κ1) is 18.3. The molecule has 4 aromatic rings. The van der Waals surface area contributed by atoms with Crippen LogP contribution in [0.3, 0.4) is 0 Å². The van der Waals surface area contributed by atoms with Gasteiger partial charge in [0.1, 0.15) is 0 Å². The Morgan fingerprint density at radius 2 is 1.67 bits per heavy atom. The van der Waals surface area contributed by atoms with Crippen molar-refractivity contribution in [2.24, 2.45) is 0 Å². The summed E-state index contributed by atoms with van der Waals surface area (Å²) < 4.78 is 1.97. The number of hydrogen-bond donors (Lipinski definition) is 1. The number of para-hydroxylation sites is 1. The van der Waals surface area contributed by atoms with Gasteiger partial charge in [-0.3, -0.25) is 4.79 Å². The monoisotopic (exact) mass is 395 g/mol. The van der Waals surface area contributed by atoms with E-state index < -0.39 is 6.10 Å². The van der Waals surface area contributed by atoms with Gasteiger partial charge in [-0.1, -0.05) is 54.6 Å². The van der Waals surface area contributed by atoms with Gasteiger partial charge in [-0.15, -0.1) is 0 Å². The van der Waals surface area contributed by atoms with Gasteiger partial charge in [-0.2, -0.15) is 0 Å². The summed E-state index contributed by atoms with van der Waals surface area (Å²) in [6.45, 7) is 0.814. The van der Waals surface area contributed by atoms with Gasteiger partial charge in [0.15, 0.2) is 0 Å². The maximum atomic E-state index is 13.0. The number of amides is 1. The summed E-state index contributed by atoms with van der Waals surface area (Å²) >= 11 is 0. The van der Waals surface area contributed by atoms with Crippen molar-refractivity contribution in [1.29, 1.82) is 0 Å². The summed E-state index contributed by atoms with van der Waals surface area (Å²) in [4.78, 5) is 19.2.